The molecule has 2 atom stereocenters. The van der Waals surface area contributed by atoms with Crippen molar-refractivity contribution >= 4 is 5.96 Å². The summed E-state index contributed by atoms with van der Waals surface area (Å²) in [7, 11) is 0. The Morgan fingerprint density at radius 1 is 1.44 bits per heavy atom. The van der Waals surface area contributed by atoms with Gasteiger partial charge in [0.25, 0.3) is 0 Å². The Morgan fingerprint density at radius 2 is 2.17 bits per heavy atom. The van der Waals surface area contributed by atoms with Crippen molar-refractivity contribution in [2.24, 2.45) is 10.7 Å². The molecule has 100 valence electrons. The van der Waals surface area contributed by atoms with Crippen LogP contribution in [0.1, 0.15) is 51.9 Å². The second-order valence-electron chi connectivity index (χ2n) is 5.20. The van der Waals surface area contributed by atoms with Gasteiger partial charge < -0.3 is 15.2 Å². The first-order valence-corrected chi connectivity index (χ1v) is 6.66. The molecule has 0 saturated carbocycles. The van der Waals surface area contributed by atoms with Crippen molar-refractivity contribution in [3.63, 3.8) is 0 Å². The number of rotatable bonds is 4. The van der Waals surface area contributed by atoms with Crippen LogP contribution in [0.3, 0.4) is 0 Å². The van der Waals surface area contributed by atoms with Crippen molar-refractivity contribution in [1.82, 2.24) is 14.5 Å². The van der Waals surface area contributed by atoms with Crippen LogP contribution in [0.2, 0.25) is 0 Å². The summed E-state index contributed by atoms with van der Waals surface area (Å²) in [5, 5.41) is 0. The highest BCUT2D eigenvalue weighted by molar-refractivity contribution is 5.80. The van der Waals surface area contributed by atoms with Crippen LogP contribution in [0, 0.1) is 0 Å². The first-order valence-electron chi connectivity index (χ1n) is 6.66. The van der Waals surface area contributed by atoms with E-state index in [-0.39, 0.29) is 6.04 Å². The average Bonchev–Trinajstić information content (AvgIpc) is 2.93. The molecule has 0 spiro atoms. The maximum absolute atomic E-state index is 6.02. The third kappa shape index (κ3) is 2.09. The third-order valence-electron chi connectivity index (χ3n) is 3.69. The molecular formula is C13H23N5. The fourth-order valence-electron chi connectivity index (χ4n) is 2.48. The molecule has 2 unspecified atom stereocenters. The van der Waals surface area contributed by atoms with Gasteiger partial charge in [0.1, 0.15) is 0 Å². The summed E-state index contributed by atoms with van der Waals surface area (Å²) >= 11 is 0. The highest BCUT2D eigenvalue weighted by Crippen LogP contribution is 2.29. The standard InChI is InChI=1S/C13H23N5/c1-5-10(4)18-12(7-16-13(18)14)11-6-15-8-17(11)9(2)3/h6,8-10,12H,5,7H2,1-4H3,(H2,14,16). The van der Waals surface area contributed by atoms with Crippen LogP contribution in [-0.2, 0) is 0 Å². The molecule has 1 aliphatic heterocycles. The van der Waals surface area contributed by atoms with E-state index in [0.717, 1.165) is 13.0 Å². The van der Waals surface area contributed by atoms with E-state index >= 15 is 0 Å². The van der Waals surface area contributed by atoms with Gasteiger partial charge in [-0.05, 0) is 27.2 Å². The lowest BCUT2D eigenvalue weighted by atomic mass is 10.1. The minimum atomic E-state index is 0.227. The Bertz CT molecular complexity index is 434. The predicted molar refractivity (Wildman–Crippen MR) is 73.4 cm³/mol. The lowest BCUT2D eigenvalue weighted by Crippen LogP contribution is -2.42. The summed E-state index contributed by atoms with van der Waals surface area (Å²) in [6.07, 6.45) is 4.89. The molecule has 2 rings (SSSR count). The van der Waals surface area contributed by atoms with Crippen molar-refractivity contribution in [3.8, 4) is 0 Å². The molecule has 1 aromatic heterocycles. The van der Waals surface area contributed by atoms with Crippen molar-refractivity contribution in [1.29, 1.82) is 0 Å². The smallest absolute Gasteiger partial charge is 0.192 e. The zero-order valence-corrected chi connectivity index (χ0v) is 11.7. The largest absolute Gasteiger partial charge is 0.370 e. The maximum Gasteiger partial charge on any atom is 0.192 e. The first-order chi connectivity index (χ1) is 8.56. The van der Waals surface area contributed by atoms with E-state index < -0.39 is 0 Å². The quantitative estimate of drug-likeness (QED) is 0.887. The second-order valence-corrected chi connectivity index (χ2v) is 5.20. The van der Waals surface area contributed by atoms with Crippen molar-refractivity contribution < 1.29 is 0 Å². The van der Waals surface area contributed by atoms with Gasteiger partial charge in [0.15, 0.2) is 5.96 Å². The van der Waals surface area contributed by atoms with Gasteiger partial charge in [0.05, 0.1) is 30.8 Å². The van der Waals surface area contributed by atoms with E-state index in [4.69, 9.17) is 5.73 Å². The van der Waals surface area contributed by atoms with Gasteiger partial charge in [-0.25, -0.2) is 4.98 Å². The van der Waals surface area contributed by atoms with Gasteiger partial charge in [-0.1, -0.05) is 6.92 Å². The van der Waals surface area contributed by atoms with Crippen LogP contribution in [0.15, 0.2) is 17.5 Å². The summed E-state index contributed by atoms with van der Waals surface area (Å²) in [5.74, 6) is 0.658. The molecule has 0 amide bonds. The second kappa shape index (κ2) is 5.00. The van der Waals surface area contributed by atoms with Crippen LogP contribution in [0.5, 0.6) is 0 Å². The van der Waals surface area contributed by atoms with Crippen LogP contribution in [0.25, 0.3) is 0 Å². The number of aliphatic imine (C=N–C) groups is 1. The Hall–Kier alpha value is -1.52. The van der Waals surface area contributed by atoms with E-state index in [2.05, 4.69) is 47.1 Å². The topological polar surface area (TPSA) is 59.4 Å². The van der Waals surface area contributed by atoms with Crippen molar-refractivity contribution in [2.45, 2.75) is 52.2 Å². The van der Waals surface area contributed by atoms with E-state index in [0.29, 0.717) is 18.0 Å². The fourth-order valence-corrected chi connectivity index (χ4v) is 2.48. The highest BCUT2D eigenvalue weighted by atomic mass is 15.4. The monoisotopic (exact) mass is 249 g/mol. The molecule has 0 saturated heterocycles. The van der Waals surface area contributed by atoms with Crippen LogP contribution < -0.4 is 5.73 Å². The van der Waals surface area contributed by atoms with E-state index in [1.165, 1.54) is 5.69 Å². The molecule has 1 aliphatic rings. The zero-order valence-electron chi connectivity index (χ0n) is 11.7. The SMILES string of the molecule is CCC(C)N1C(N)=NCC1c1cncn1C(C)C. The minimum absolute atomic E-state index is 0.227. The number of hydrogen-bond donors (Lipinski definition) is 1. The Kier molecular flexibility index (Phi) is 3.59. The van der Waals surface area contributed by atoms with Gasteiger partial charge in [0, 0.05) is 12.1 Å². The lowest BCUT2D eigenvalue weighted by molar-refractivity contribution is 0.257. The molecule has 0 fully saturated rings. The number of guanidine groups is 1. The molecule has 0 bridgehead atoms. The molecule has 5 heteroatoms. The van der Waals surface area contributed by atoms with Gasteiger partial charge in [-0.2, -0.15) is 0 Å². The van der Waals surface area contributed by atoms with Gasteiger partial charge in [-0.15, -0.1) is 0 Å². The number of nitrogens with two attached hydrogens (primary N) is 1. The zero-order chi connectivity index (χ0) is 13.3. The van der Waals surface area contributed by atoms with E-state index in [1.54, 1.807) is 0 Å². The van der Waals surface area contributed by atoms with Crippen molar-refractivity contribution in [3.05, 3.63) is 18.2 Å². The lowest BCUT2D eigenvalue weighted by Gasteiger charge is -2.32. The summed E-state index contributed by atoms with van der Waals surface area (Å²) in [6, 6.07) is 1.03. The van der Waals surface area contributed by atoms with E-state index in [9.17, 15) is 0 Å². The molecule has 18 heavy (non-hydrogen) atoms. The van der Waals surface area contributed by atoms with Crippen LogP contribution in [0.4, 0.5) is 0 Å². The average molecular weight is 249 g/mol. The first kappa shape index (κ1) is 12.9. The van der Waals surface area contributed by atoms with Gasteiger partial charge in [-0.3, -0.25) is 4.99 Å². The Balaban J connectivity index is 2.30. The normalized spacial score (nSPS) is 21.5. The molecule has 0 radical (unpaired) electrons. The summed E-state index contributed by atoms with van der Waals surface area (Å²) < 4.78 is 2.20. The highest BCUT2D eigenvalue weighted by Gasteiger charge is 2.32. The molecule has 1 aromatic rings. The predicted octanol–water partition coefficient (Wildman–Crippen LogP) is 1.93. The van der Waals surface area contributed by atoms with Gasteiger partial charge in [0.2, 0.25) is 0 Å². The molecule has 0 aromatic carbocycles. The molecule has 0 aliphatic carbocycles. The van der Waals surface area contributed by atoms with Gasteiger partial charge >= 0.3 is 0 Å². The molecule has 2 heterocycles. The molecule has 2 N–H and O–H groups in total. The molecule has 5 nitrogen and oxygen atoms in total. The number of hydrogen-bond acceptors (Lipinski definition) is 4. The number of imidazole rings is 1. The number of nitrogens with zero attached hydrogens (tertiary/aromatic N) is 4. The summed E-state index contributed by atoms with van der Waals surface area (Å²) in [6.45, 7) is 9.42. The fraction of sp³-hybridized carbons (Fsp3) is 0.692. The maximum atomic E-state index is 6.02. The number of aromatic nitrogens is 2. The summed E-state index contributed by atoms with van der Waals surface area (Å²) in [4.78, 5) is 10.9. The Labute approximate surface area is 109 Å². The third-order valence-corrected chi connectivity index (χ3v) is 3.69. The Morgan fingerprint density at radius 3 is 2.78 bits per heavy atom. The summed E-state index contributed by atoms with van der Waals surface area (Å²) in [5.41, 5.74) is 7.23. The molecular weight excluding hydrogens is 226 g/mol. The van der Waals surface area contributed by atoms with Crippen LogP contribution >= 0.6 is 0 Å². The van der Waals surface area contributed by atoms with Crippen molar-refractivity contribution in [2.75, 3.05) is 6.54 Å². The van der Waals surface area contributed by atoms with Crippen LogP contribution in [-0.4, -0.2) is 33.0 Å². The minimum Gasteiger partial charge on any atom is -0.370 e. The van der Waals surface area contributed by atoms with E-state index in [1.807, 2.05) is 12.5 Å².